The predicted octanol–water partition coefficient (Wildman–Crippen LogP) is 1.93. The second-order valence-electron chi connectivity index (χ2n) is 3.93. The smallest absolute Gasteiger partial charge is 0.327 e. The fraction of sp³-hybridized carbons (Fsp3) is 0.333. The lowest BCUT2D eigenvalue weighted by atomic mass is 10.1. The molecule has 1 saturated heterocycles. The molecule has 0 spiro atoms. The minimum atomic E-state index is -0.930. The maximum atomic E-state index is 12.3. The van der Waals surface area contributed by atoms with Gasteiger partial charge in [0.2, 0.25) is 0 Å². The molecule has 1 atom stereocenters. The molecule has 0 aliphatic carbocycles. The summed E-state index contributed by atoms with van der Waals surface area (Å²) >= 11 is 3.74. The first kappa shape index (κ1) is 13.7. The molecule has 0 aromatic heterocycles. The summed E-state index contributed by atoms with van der Waals surface area (Å²) in [4.78, 5) is 24.9. The number of carbonyl (C=O) groups is 2. The van der Waals surface area contributed by atoms with E-state index in [1.165, 1.54) is 4.90 Å². The van der Waals surface area contributed by atoms with Gasteiger partial charge in [-0.15, -0.1) is 0 Å². The molecule has 0 saturated carbocycles. The average molecular weight is 377 g/mol. The van der Waals surface area contributed by atoms with Gasteiger partial charge in [0.15, 0.2) is 0 Å². The summed E-state index contributed by atoms with van der Waals surface area (Å²) in [7, 11) is 0. The maximum Gasteiger partial charge on any atom is 0.327 e. The molecule has 1 N–H and O–H groups in total. The number of carboxylic acids is 1. The molecule has 0 radical (unpaired) electrons. The third-order valence-electron chi connectivity index (χ3n) is 2.77. The number of carbonyl (C=O) groups excluding carboxylic acids is 1. The van der Waals surface area contributed by atoms with Crippen LogP contribution in [0.1, 0.15) is 10.4 Å². The van der Waals surface area contributed by atoms with Gasteiger partial charge in [-0.25, -0.2) is 4.79 Å². The van der Waals surface area contributed by atoms with Crippen LogP contribution in [0.2, 0.25) is 0 Å². The van der Waals surface area contributed by atoms with E-state index < -0.39 is 12.0 Å². The van der Waals surface area contributed by atoms with Crippen LogP contribution in [0, 0.1) is 3.57 Å². The van der Waals surface area contributed by atoms with Crippen LogP contribution in [-0.2, 0) is 4.79 Å². The number of carboxylic acid groups (broad SMARTS) is 1. The first-order valence-electron chi connectivity index (χ1n) is 5.46. The third kappa shape index (κ3) is 2.97. The SMILES string of the molecule is O=C(O)C1CSCCN1C(=O)c1ccc(I)cc1. The lowest BCUT2D eigenvalue weighted by molar-refractivity contribution is -0.141. The number of rotatable bonds is 2. The highest BCUT2D eigenvalue weighted by atomic mass is 127. The van der Waals surface area contributed by atoms with Gasteiger partial charge in [-0.2, -0.15) is 11.8 Å². The van der Waals surface area contributed by atoms with Crippen molar-refractivity contribution in [3.05, 3.63) is 33.4 Å². The van der Waals surface area contributed by atoms with E-state index in [0.29, 0.717) is 17.9 Å². The van der Waals surface area contributed by atoms with Gasteiger partial charge in [0.05, 0.1) is 0 Å². The van der Waals surface area contributed by atoms with Crippen molar-refractivity contribution in [1.82, 2.24) is 4.90 Å². The standard InChI is InChI=1S/C12H12INO3S/c13-9-3-1-8(2-4-9)11(15)14-5-6-18-7-10(14)12(16)17/h1-4,10H,5-7H2,(H,16,17). The summed E-state index contributed by atoms with van der Waals surface area (Å²) in [6.45, 7) is 0.493. The van der Waals surface area contributed by atoms with Crippen molar-refractivity contribution < 1.29 is 14.7 Å². The van der Waals surface area contributed by atoms with Crippen molar-refractivity contribution >= 4 is 46.2 Å². The minimum absolute atomic E-state index is 0.195. The van der Waals surface area contributed by atoms with Crippen LogP contribution in [0.3, 0.4) is 0 Å². The Morgan fingerprint density at radius 3 is 2.61 bits per heavy atom. The second kappa shape index (κ2) is 5.92. The predicted molar refractivity (Wildman–Crippen MR) is 78.9 cm³/mol. The Balaban J connectivity index is 2.20. The highest BCUT2D eigenvalue weighted by molar-refractivity contribution is 14.1. The first-order chi connectivity index (χ1) is 8.59. The lowest BCUT2D eigenvalue weighted by Crippen LogP contribution is -2.50. The molecule has 4 nitrogen and oxygen atoms in total. The molecule has 6 heteroatoms. The number of thioether (sulfide) groups is 1. The molecule has 96 valence electrons. The van der Waals surface area contributed by atoms with Gasteiger partial charge in [0.1, 0.15) is 6.04 Å². The van der Waals surface area contributed by atoms with Crippen LogP contribution in [0.15, 0.2) is 24.3 Å². The van der Waals surface area contributed by atoms with Gasteiger partial charge in [-0.3, -0.25) is 4.79 Å². The number of hydrogen-bond donors (Lipinski definition) is 1. The zero-order valence-electron chi connectivity index (χ0n) is 9.51. The minimum Gasteiger partial charge on any atom is -0.480 e. The van der Waals surface area contributed by atoms with Crippen LogP contribution in [0.5, 0.6) is 0 Å². The summed E-state index contributed by atoms with van der Waals surface area (Å²) in [6.07, 6.45) is 0. The van der Waals surface area contributed by atoms with Crippen LogP contribution >= 0.6 is 34.4 Å². The maximum absolute atomic E-state index is 12.3. The van der Waals surface area contributed by atoms with E-state index in [0.717, 1.165) is 9.32 Å². The van der Waals surface area contributed by atoms with Crippen molar-refractivity contribution in [3.63, 3.8) is 0 Å². The molecule has 1 aromatic rings. The zero-order valence-corrected chi connectivity index (χ0v) is 12.5. The number of nitrogens with zero attached hydrogens (tertiary/aromatic N) is 1. The fourth-order valence-corrected chi connectivity index (χ4v) is 3.21. The van der Waals surface area contributed by atoms with E-state index in [4.69, 9.17) is 5.11 Å². The van der Waals surface area contributed by atoms with Crippen molar-refractivity contribution in [2.75, 3.05) is 18.1 Å². The lowest BCUT2D eigenvalue weighted by Gasteiger charge is -2.32. The van der Waals surface area contributed by atoms with Gasteiger partial charge in [0, 0.05) is 27.2 Å². The summed E-state index contributed by atoms with van der Waals surface area (Å²) in [6, 6.07) is 6.47. The number of halogens is 1. The van der Waals surface area contributed by atoms with Crippen LogP contribution in [0.4, 0.5) is 0 Å². The monoisotopic (exact) mass is 377 g/mol. The van der Waals surface area contributed by atoms with E-state index >= 15 is 0 Å². The highest BCUT2D eigenvalue weighted by Crippen LogP contribution is 2.19. The molecule has 1 unspecified atom stereocenters. The number of aliphatic carboxylic acids is 1. The van der Waals surface area contributed by atoms with Gasteiger partial charge in [-0.1, -0.05) is 0 Å². The summed E-state index contributed by atoms with van der Waals surface area (Å²) in [5.41, 5.74) is 0.550. The summed E-state index contributed by atoms with van der Waals surface area (Å²) in [5, 5.41) is 9.14. The van der Waals surface area contributed by atoms with Crippen LogP contribution in [-0.4, -0.2) is 46.0 Å². The molecule has 1 aromatic carbocycles. The molecule has 1 fully saturated rings. The van der Waals surface area contributed by atoms with E-state index in [1.807, 2.05) is 12.1 Å². The van der Waals surface area contributed by atoms with Crippen molar-refractivity contribution in [3.8, 4) is 0 Å². The molecular weight excluding hydrogens is 365 g/mol. The van der Waals surface area contributed by atoms with Crippen LogP contribution < -0.4 is 0 Å². The third-order valence-corrected chi connectivity index (χ3v) is 4.51. The van der Waals surface area contributed by atoms with E-state index in [1.54, 1.807) is 23.9 Å². The highest BCUT2D eigenvalue weighted by Gasteiger charge is 2.32. The molecule has 1 heterocycles. The van der Waals surface area contributed by atoms with Crippen molar-refractivity contribution in [2.24, 2.45) is 0 Å². The topological polar surface area (TPSA) is 57.6 Å². The number of amides is 1. The Kier molecular flexibility index (Phi) is 4.50. The number of benzene rings is 1. The molecule has 1 aliphatic rings. The van der Waals surface area contributed by atoms with Gasteiger partial charge < -0.3 is 10.0 Å². The van der Waals surface area contributed by atoms with Gasteiger partial charge in [0.25, 0.3) is 5.91 Å². The van der Waals surface area contributed by atoms with E-state index in [2.05, 4.69) is 22.6 Å². The van der Waals surface area contributed by atoms with Gasteiger partial charge in [-0.05, 0) is 46.9 Å². The normalized spacial score (nSPS) is 19.6. The Morgan fingerprint density at radius 2 is 2.00 bits per heavy atom. The fourth-order valence-electron chi connectivity index (χ4n) is 1.81. The summed E-state index contributed by atoms with van der Waals surface area (Å²) in [5.74, 6) is 0.130. The Hall–Kier alpha value is -0.760. The second-order valence-corrected chi connectivity index (χ2v) is 6.33. The van der Waals surface area contributed by atoms with Crippen molar-refractivity contribution in [2.45, 2.75) is 6.04 Å². The largest absolute Gasteiger partial charge is 0.480 e. The Bertz CT molecular complexity index is 463. The Morgan fingerprint density at radius 1 is 1.33 bits per heavy atom. The quantitative estimate of drug-likeness (QED) is 0.801. The van der Waals surface area contributed by atoms with E-state index in [9.17, 15) is 9.59 Å². The van der Waals surface area contributed by atoms with Crippen molar-refractivity contribution in [1.29, 1.82) is 0 Å². The molecule has 1 amide bonds. The van der Waals surface area contributed by atoms with Crippen LogP contribution in [0.25, 0.3) is 0 Å². The zero-order chi connectivity index (χ0) is 13.1. The van der Waals surface area contributed by atoms with E-state index in [-0.39, 0.29) is 5.91 Å². The molecule has 2 rings (SSSR count). The molecule has 18 heavy (non-hydrogen) atoms. The van der Waals surface area contributed by atoms with Gasteiger partial charge >= 0.3 is 5.97 Å². The molecular formula is C12H12INO3S. The number of hydrogen-bond acceptors (Lipinski definition) is 3. The first-order valence-corrected chi connectivity index (χ1v) is 7.70. The molecule has 0 bridgehead atoms. The summed E-state index contributed by atoms with van der Waals surface area (Å²) < 4.78 is 1.05. The Labute approximate surface area is 123 Å². The molecule has 1 aliphatic heterocycles. The average Bonchev–Trinajstić information content (AvgIpc) is 2.39.